The second-order valence-electron chi connectivity index (χ2n) is 1.88. The molecule has 0 aliphatic carbocycles. The molecule has 0 unspecified atom stereocenters. The first-order chi connectivity index (χ1) is 5.39. The van der Waals surface area contributed by atoms with Gasteiger partial charge < -0.3 is 4.55 Å². The van der Waals surface area contributed by atoms with Crippen LogP contribution < -0.4 is 10.6 Å². The van der Waals surface area contributed by atoms with Crippen LogP contribution in [0.15, 0.2) is 24.5 Å². The van der Waals surface area contributed by atoms with Gasteiger partial charge in [0.15, 0.2) is 0 Å². The fourth-order valence-corrected chi connectivity index (χ4v) is 0.342. The van der Waals surface area contributed by atoms with Crippen molar-refractivity contribution in [2.24, 2.45) is 0 Å². The Bertz CT molecular complexity index is 302. The maximum Gasteiger partial charge on any atom is 0.230 e. The summed E-state index contributed by atoms with van der Waals surface area (Å²) in [5.74, 6) is 5.16. The number of aromatic nitrogens is 2. The number of nitrogens with two attached hydrogens (primary N) is 1. The quantitative estimate of drug-likeness (QED) is 0.297. The van der Waals surface area contributed by atoms with Crippen LogP contribution in [0.1, 0.15) is 0 Å². The van der Waals surface area contributed by atoms with Crippen molar-refractivity contribution in [1.29, 1.82) is 0 Å². The lowest BCUT2D eigenvalue weighted by Crippen LogP contribution is -2.47. The lowest BCUT2D eigenvalue weighted by Gasteiger charge is -1.90. The van der Waals surface area contributed by atoms with E-state index in [2.05, 4.69) is 5.10 Å². The Morgan fingerprint density at radius 2 is 2.00 bits per heavy atom. The van der Waals surface area contributed by atoms with Crippen molar-refractivity contribution in [3.05, 3.63) is 24.5 Å². The summed E-state index contributed by atoms with van der Waals surface area (Å²) in [6.45, 7) is 0. The van der Waals surface area contributed by atoms with E-state index in [-0.39, 0.29) is 0 Å². The van der Waals surface area contributed by atoms with Gasteiger partial charge >= 0.3 is 0 Å². The van der Waals surface area contributed by atoms with E-state index in [1.165, 1.54) is 4.79 Å². The molecule has 0 aliphatic heterocycles. The standard InChI is InChI=1S/C4H6N3.CH4O3S/c5-7-4-2-1-3-6-7;1-5(2,3)4/h1-4H,(H2,5,6);1H3,(H,2,3,4)/q+1;/p-1. The third-order valence-corrected chi connectivity index (χ3v) is 0.636. The zero-order chi connectivity index (χ0) is 9.61. The van der Waals surface area contributed by atoms with E-state index in [4.69, 9.17) is 18.8 Å². The van der Waals surface area contributed by atoms with Crippen LogP contribution in [0.4, 0.5) is 0 Å². The van der Waals surface area contributed by atoms with Gasteiger partial charge in [-0.2, -0.15) is 5.84 Å². The molecule has 0 fully saturated rings. The third kappa shape index (κ3) is 11.6. The summed E-state index contributed by atoms with van der Waals surface area (Å²) >= 11 is 0. The number of rotatable bonds is 0. The van der Waals surface area contributed by atoms with Crippen LogP contribution in [0.3, 0.4) is 0 Å². The minimum Gasteiger partial charge on any atom is -0.748 e. The van der Waals surface area contributed by atoms with Crippen molar-refractivity contribution >= 4 is 10.1 Å². The van der Waals surface area contributed by atoms with E-state index in [1.54, 1.807) is 12.4 Å². The van der Waals surface area contributed by atoms with E-state index in [0.29, 0.717) is 6.26 Å². The summed E-state index contributed by atoms with van der Waals surface area (Å²) in [5.41, 5.74) is 0. The third-order valence-electron chi connectivity index (χ3n) is 0.636. The molecule has 0 saturated heterocycles. The lowest BCUT2D eigenvalue weighted by atomic mass is 10.6. The number of nitrogens with zero attached hydrogens (tertiary/aromatic N) is 2. The maximum absolute atomic E-state index is 9.08. The molecule has 1 aromatic rings. The van der Waals surface area contributed by atoms with Gasteiger partial charge in [0.05, 0.1) is 16.3 Å². The fraction of sp³-hybridized carbons (Fsp3) is 0.200. The van der Waals surface area contributed by atoms with Crippen LogP contribution >= 0.6 is 0 Å². The average Bonchev–Trinajstić information content (AvgIpc) is 1.85. The summed E-state index contributed by atoms with van der Waals surface area (Å²) in [5, 5.41) is 3.67. The number of hydrogen-bond donors (Lipinski definition) is 1. The average molecular weight is 191 g/mol. The van der Waals surface area contributed by atoms with Crippen LogP contribution in [-0.2, 0) is 10.1 Å². The Hall–Kier alpha value is -1.21. The highest BCUT2D eigenvalue weighted by molar-refractivity contribution is 7.84. The SMILES string of the molecule is CS(=O)(=O)[O-].N[n+]1ccccn1. The van der Waals surface area contributed by atoms with Crippen LogP contribution in [0, 0.1) is 0 Å². The summed E-state index contributed by atoms with van der Waals surface area (Å²) in [7, 11) is -3.92. The Morgan fingerprint density at radius 3 is 2.17 bits per heavy atom. The Labute approximate surface area is 70.4 Å². The van der Waals surface area contributed by atoms with Crippen molar-refractivity contribution in [3.63, 3.8) is 0 Å². The highest BCUT2D eigenvalue weighted by atomic mass is 32.2. The van der Waals surface area contributed by atoms with E-state index in [1.807, 2.05) is 12.1 Å². The summed E-state index contributed by atoms with van der Waals surface area (Å²) in [4.78, 5) is 1.25. The van der Waals surface area contributed by atoms with Gasteiger partial charge in [-0.05, 0) is 6.07 Å². The second-order valence-corrected chi connectivity index (χ2v) is 3.29. The van der Waals surface area contributed by atoms with E-state index in [9.17, 15) is 0 Å². The lowest BCUT2D eigenvalue weighted by molar-refractivity contribution is -0.700. The van der Waals surface area contributed by atoms with Crippen molar-refractivity contribution in [2.45, 2.75) is 0 Å². The highest BCUT2D eigenvalue weighted by Gasteiger charge is 1.82. The zero-order valence-electron chi connectivity index (χ0n) is 6.41. The van der Waals surface area contributed by atoms with Crippen molar-refractivity contribution < 1.29 is 17.8 Å². The Balaban J connectivity index is 0.000000217. The molecule has 1 rings (SSSR count). The van der Waals surface area contributed by atoms with Crippen LogP contribution in [0.5, 0.6) is 0 Å². The van der Waals surface area contributed by atoms with Crippen molar-refractivity contribution in [3.8, 4) is 0 Å². The van der Waals surface area contributed by atoms with E-state index < -0.39 is 10.1 Å². The molecule has 0 aliphatic rings. The van der Waals surface area contributed by atoms with Gasteiger partial charge in [-0.3, -0.25) is 0 Å². The van der Waals surface area contributed by atoms with Crippen LogP contribution in [-0.4, -0.2) is 24.3 Å². The van der Waals surface area contributed by atoms with Gasteiger partial charge in [0.25, 0.3) is 0 Å². The van der Waals surface area contributed by atoms with Gasteiger partial charge in [0.1, 0.15) is 0 Å². The van der Waals surface area contributed by atoms with Gasteiger partial charge in [-0.25, -0.2) is 8.42 Å². The van der Waals surface area contributed by atoms with Gasteiger partial charge in [0.2, 0.25) is 6.20 Å². The molecule has 12 heavy (non-hydrogen) atoms. The maximum atomic E-state index is 9.08. The van der Waals surface area contributed by atoms with Crippen LogP contribution in [0.25, 0.3) is 0 Å². The molecule has 0 spiro atoms. The molecular formula is C5H9N3O3S. The Morgan fingerprint density at radius 1 is 1.50 bits per heavy atom. The summed E-state index contributed by atoms with van der Waals surface area (Å²) < 4.78 is 27.2. The molecule has 0 atom stereocenters. The fourth-order valence-electron chi connectivity index (χ4n) is 0.342. The van der Waals surface area contributed by atoms with Gasteiger partial charge in [-0.15, -0.1) is 0 Å². The highest BCUT2D eigenvalue weighted by Crippen LogP contribution is 1.65. The molecule has 1 heterocycles. The molecule has 2 N–H and O–H groups in total. The zero-order valence-corrected chi connectivity index (χ0v) is 7.23. The predicted molar refractivity (Wildman–Crippen MR) is 40.2 cm³/mol. The molecule has 6 nitrogen and oxygen atoms in total. The monoisotopic (exact) mass is 191 g/mol. The molecule has 0 aromatic carbocycles. The summed E-state index contributed by atoms with van der Waals surface area (Å²) in [6.07, 6.45) is 3.90. The number of hydrogen-bond acceptors (Lipinski definition) is 5. The molecule has 0 amide bonds. The molecule has 68 valence electrons. The second kappa shape index (κ2) is 4.62. The van der Waals surface area contributed by atoms with Gasteiger partial charge in [0, 0.05) is 22.2 Å². The molecule has 0 bridgehead atoms. The van der Waals surface area contributed by atoms with Gasteiger partial charge in [-0.1, -0.05) is 0 Å². The minimum absolute atomic E-state index is 0.604. The molecule has 0 saturated carbocycles. The molecule has 1 aromatic heterocycles. The van der Waals surface area contributed by atoms with Crippen molar-refractivity contribution in [1.82, 2.24) is 5.10 Å². The number of nitrogen functional groups attached to an aromatic ring is 1. The smallest absolute Gasteiger partial charge is 0.230 e. The van der Waals surface area contributed by atoms with E-state index in [0.717, 1.165) is 0 Å². The topological polar surface area (TPSA) is 100.0 Å². The first kappa shape index (κ1) is 10.8. The molecule has 0 radical (unpaired) electrons. The van der Waals surface area contributed by atoms with Crippen molar-refractivity contribution in [2.75, 3.05) is 12.1 Å². The largest absolute Gasteiger partial charge is 0.748 e. The first-order valence-electron chi connectivity index (χ1n) is 2.88. The normalized spacial score (nSPS) is 9.83. The molecule has 7 heteroatoms. The Kier molecular flexibility index (Phi) is 4.16. The predicted octanol–water partition coefficient (Wildman–Crippen LogP) is -1.76. The summed E-state index contributed by atoms with van der Waals surface area (Å²) in [6, 6.07) is 3.62. The molecular weight excluding hydrogens is 182 g/mol. The minimum atomic E-state index is -3.92. The van der Waals surface area contributed by atoms with Crippen LogP contribution in [0.2, 0.25) is 0 Å². The first-order valence-corrected chi connectivity index (χ1v) is 4.70. The van der Waals surface area contributed by atoms with E-state index >= 15 is 0 Å².